The number of halogens is 1. The number of nitrogens with one attached hydrogen (secondary N) is 1. The lowest BCUT2D eigenvalue weighted by Crippen LogP contribution is -2.38. The molecule has 2 aliphatic rings. The summed E-state index contributed by atoms with van der Waals surface area (Å²) in [5, 5.41) is 3.87. The van der Waals surface area contributed by atoms with E-state index in [1.165, 1.54) is 0 Å². The van der Waals surface area contributed by atoms with E-state index < -0.39 is 11.9 Å². The fraction of sp³-hybridized carbons (Fsp3) is 0.455. The third kappa shape index (κ3) is 3.81. The minimum absolute atomic E-state index is 0.0620. The van der Waals surface area contributed by atoms with Gasteiger partial charge in [0.15, 0.2) is 5.78 Å². The Kier molecular flexibility index (Phi) is 5.48. The lowest BCUT2D eigenvalue weighted by atomic mass is 9.68. The largest absolute Gasteiger partial charge is 0.462 e. The number of hydrogen-bond donors (Lipinski definition) is 1. The fourth-order valence-electron chi connectivity index (χ4n) is 4.00. The lowest BCUT2D eigenvalue weighted by molar-refractivity contribution is -0.139. The van der Waals surface area contributed by atoms with Crippen molar-refractivity contribution in [2.24, 2.45) is 5.41 Å². The van der Waals surface area contributed by atoms with Crippen LogP contribution < -0.4 is 5.32 Å². The van der Waals surface area contributed by atoms with Crippen molar-refractivity contribution < 1.29 is 14.3 Å². The third-order valence-electron chi connectivity index (χ3n) is 5.11. The Hall–Kier alpha value is -2.07. The van der Waals surface area contributed by atoms with E-state index in [-0.39, 0.29) is 11.2 Å². The minimum atomic E-state index is -0.497. The Morgan fingerprint density at radius 2 is 2.00 bits per heavy atom. The molecule has 0 radical (unpaired) electrons. The van der Waals surface area contributed by atoms with Gasteiger partial charge in [-0.1, -0.05) is 50.6 Å². The van der Waals surface area contributed by atoms with Crippen LogP contribution in [0, 0.1) is 5.41 Å². The van der Waals surface area contributed by atoms with E-state index in [1.54, 1.807) is 6.07 Å². The Morgan fingerprint density at radius 1 is 1.30 bits per heavy atom. The highest BCUT2D eigenvalue weighted by molar-refractivity contribution is 6.31. The van der Waals surface area contributed by atoms with Gasteiger partial charge < -0.3 is 10.1 Å². The SMILES string of the molecule is CCCOC(=O)C1=C(C)NC2=C(C(=O)CC(C)(C)C2)[C@H]1c1ccccc1Cl. The average Bonchev–Trinajstić information content (AvgIpc) is 2.57. The van der Waals surface area contributed by atoms with Gasteiger partial charge in [-0.05, 0) is 36.8 Å². The van der Waals surface area contributed by atoms with Crippen molar-refractivity contribution in [3.63, 3.8) is 0 Å². The summed E-state index contributed by atoms with van der Waals surface area (Å²) in [4.78, 5) is 26.0. The first-order valence-electron chi connectivity index (χ1n) is 9.40. The molecule has 1 aromatic rings. The molecule has 1 aliphatic heterocycles. The first kappa shape index (κ1) is 19.7. The molecule has 1 atom stereocenters. The molecule has 4 nitrogen and oxygen atoms in total. The standard InChI is InChI=1S/C22H26ClNO3/c1-5-10-27-21(26)18-13(2)24-16-11-22(3,4)12-17(25)20(16)19(18)14-8-6-7-9-15(14)23/h6-9,19,24H,5,10-12H2,1-4H3/t19-/m0/s1. The summed E-state index contributed by atoms with van der Waals surface area (Å²) in [5.74, 6) is -0.828. The van der Waals surface area contributed by atoms with Gasteiger partial charge in [0.25, 0.3) is 0 Å². The van der Waals surface area contributed by atoms with Crippen molar-refractivity contribution in [3.8, 4) is 0 Å². The summed E-state index contributed by atoms with van der Waals surface area (Å²) in [6.45, 7) is 8.34. The van der Waals surface area contributed by atoms with Crippen LogP contribution in [0.2, 0.25) is 5.02 Å². The van der Waals surface area contributed by atoms with Gasteiger partial charge in [0, 0.05) is 34.3 Å². The van der Waals surface area contributed by atoms with Crippen LogP contribution in [0.3, 0.4) is 0 Å². The van der Waals surface area contributed by atoms with Crippen LogP contribution in [-0.4, -0.2) is 18.4 Å². The van der Waals surface area contributed by atoms with E-state index in [2.05, 4.69) is 19.2 Å². The number of hydrogen-bond acceptors (Lipinski definition) is 4. The first-order valence-corrected chi connectivity index (χ1v) is 9.78. The quantitative estimate of drug-likeness (QED) is 0.747. The number of ketones is 1. The van der Waals surface area contributed by atoms with Gasteiger partial charge in [0.2, 0.25) is 0 Å². The molecule has 1 aromatic carbocycles. The lowest BCUT2D eigenvalue weighted by Gasteiger charge is -2.39. The van der Waals surface area contributed by atoms with Crippen molar-refractivity contribution in [3.05, 3.63) is 57.4 Å². The zero-order chi connectivity index (χ0) is 19.8. The number of benzene rings is 1. The van der Waals surface area contributed by atoms with Crippen LogP contribution in [0.1, 0.15) is 58.4 Å². The number of ether oxygens (including phenoxy) is 1. The van der Waals surface area contributed by atoms with Crippen molar-refractivity contribution in [2.45, 2.75) is 52.9 Å². The smallest absolute Gasteiger partial charge is 0.336 e. The molecule has 0 fully saturated rings. The summed E-state index contributed by atoms with van der Waals surface area (Å²) in [5.41, 5.74) is 3.40. The fourth-order valence-corrected chi connectivity index (χ4v) is 4.24. The number of rotatable bonds is 4. The summed E-state index contributed by atoms with van der Waals surface area (Å²) in [7, 11) is 0. The number of carbonyl (C=O) groups excluding carboxylic acids is 2. The summed E-state index contributed by atoms with van der Waals surface area (Å²) >= 11 is 6.49. The molecule has 1 heterocycles. The molecule has 27 heavy (non-hydrogen) atoms. The number of dihydropyridines is 1. The monoisotopic (exact) mass is 387 g/mol. The maximum atomic E-state index is 13.1. The molecular formula is C22H26ClNO3. The highest BCUT2D eigenvalue weighted by Gasteiger charge is 2.43. The molecule has 0 bridgehead atoms. The first-order chi connectivity index (χ1) is 12.7. The molecular weight excluding hydrogens is 362 g/mol. The summed E-state index contributed by atoms with van der Waals surface area (Å²) in [6, 6.07) is 7.40. The predicted molar refractivity (Wildman–Crippen MR) is 106 cm³/mol. The van der Waals surface area contributed by atoms with Gasteiger partial charge in [-0.2, -0.15) is 0 Å². The molecule has 0 amide bonds. The normalized spacial score (nSPS) is 21.7. The molecule has 5 heteroatoms. The molecule has 0 spiro atoms. The molecule has 0 unspecified atom stereocenters. The Bertz CT molecular complexity index is 851. The molecule has 3 rings (SSSR count). The molecule has 1 N–H and O–H groups in total. The van der Waals surface area contributed by atoms with Gasteiger partial charge in [0.05, 0.1) is 12.2 Å². The number of allylic oxidation sites excluding steroid dienone is 3. The van der Waals surface area contributed by atoms with Crippen molar-refractivity contribution in [1.29, 1.82) is 0 Å². The molecule has 0 aromatic heterocycles. The van der Waals surface area contributed by atoms with Gasteiger partial charge >= 0.3 is 5.97 Å². The Labute approximate surface area is 165 Å². The van der Waals surface area contributed by atoms with Crippen molar-refractivity contribution in [1.82, 2.24) is 5.32 Å². The van der Waals surface area contributed by atoms with E-state index in [1.807, 2.05) is 32.0 Å². The van der Waals surface area contributed by atoms with Crippen LogP contribution in [0.25, 0.3) is 0 Å². The molecule has 0 saturated heterocycles. The Morgan fingerprint density at radius 3 is 2.67 bits per heavy atom. The highest BCUT2D eigenvalue weighted by atomic mass is 35.5. The van der Waals surface area contributed by atoms with Gasteiger partial charge in [-0.25, -0.2) is 4.79 Å². The van der Waals surface area contributed by atoms with E-state index >= 15 is 0 Å². The van der Waals surface area contributed by atoms with Crippen LogP contribution in [-0.2, 0) is 14.3 Å². The minimum Gasteiger partial charge on any atom is -0.462 e. The molecule has 0 saturated carbocycles. The van der Waals surface area contributed by atoms with E-state index in [0.29, 0.717) is 29.2 Å². The zero-order valence-corrected chi connectivity index (χ0v) is 17.1. The van der Waals surface area contributed by atoms with Crippen molar-refractivity contribution >= 4 is 23.4 Å². The molecule has 144 valence electrons. The molecule has 1 aliphatic carbocycles. The third-order valence-corrected chi connectivity index (χ3v) is 5.46. The topological polar surface area (TPSA) is 55.4 Å². The number of Topliss-reactive ketones (excluding diaryl/α,β-unsaturated/α-hetero) is 1. The van der Waals surface area contributed by atoms with Crippen LogP contribution in [0.4, 0.5) is 0 Å². The summed E-state index contributed by atoms with van der Waals surface area (Å²) in [6.07, 6.45) is 1.94. The van der Waals surface area contributed by atoms with Crippen LogP contribution in [0.15, 0.2) is 46.8 Å². The van der Waals surface area contributed by atoms with Gasteiger partial charge in [-0.3, -0.25) is 4.79 Å². The average molecular weight is 388 g/mol. The van der Waals surface area contributed by atoms with Crippen molar-refractivity contribution in [2.75, 3.05) is 6.61 Å². The maximum absolute atomic E-state index is 13.1. The zero-order valence-electron chi connectivity index (χ0n) is 16.3. The van der Waals surface area contributed by atoms with Gasteiger partial charge in [-0.15, -0.1) is 0 Å². The number of carbonyl (C=O) groups is 2. The number of esters is 1. The van der Waals surface area contributed by atoms with Gasteiger partial charge in [0.1, 0.15) is 0 Å². The van der Waals surface area contributed by atoms with E-state index in [4.69, 9.17) is 16.3 Å². The Balaban J connectivity index is 2.16. The summed E-state index contributed by atoms with van der Waals surface area (Å²) < 4.78 is 5.43. The second-order valence-corrected chi connectivity index (χ2v) is 8.49. The predicted octanol–water partition coefficient (Wildman–Crippen LogP) is 4.90. The maximum Gasteiger partial charge on any atom is 0.336 e. The highest BCUT2D eigenvalue weighted by Crippen LogP contribution is 2.47. The second-order valence-electron chi connectivity index (χ2n) is 8.09. The van der Waals surface area contributed by atoms with E-state index in [0.717, 1.165) is 29.8 Å². The van der Waals surface area contributed by atoms with Crippen LogP contribution in [0.5, 0.6) is 0 Å². The van der Waals surface area contributed by atoms with Crippen LogP contribution >= 0.6 is 11.6 Å². The second kappa shape index (κ2) is 7.51. The van der Waals surface area contributed by atoms with E-state index in [9.17, 15) is 9.59 Å².